The molecule has 0 saturated heterocycles. The lowest BCUT2D eigenvalue weighted by molar-refractivity contribution is 0.0782. The molecule has 0 fully saturated rings. The summed E-state index contributed by atoms with van der Waals surface area (Å²) in [5, 5.41) is 0. The van der Waals surface area contributed by atoms with Gasteiger partial charge in [-0.25, -0.2) is 0 Å². The van der Waals surface area contributed by atoms with Crippen LogP contribution in [0.25, 0.3) is 0 Å². The smallest absolute Gasteiger partial charge is 0.0709 e. The second kappa shape index (κ2) is 6.40. The minimum Gasteiger partial charge on any atom is -0.380 e. The van der Waals surface area contributed by atoms with E-state index in [1.807, 2.05) is 6.92 Å². The molecule has 0 heterocycles. The molecular formula is C9H22N2O. The summed E-state index contributed by atoms with van der Waals surface area (Å²) in [6, 6.07) is 0.275. The Kier molecular flexibility index (Phi) is 6.34. The van der Waals surface area contributed by atoms with E-state index in [4.69, 9.17) is 10.6 Å². The van der Waals surface area contributed by atoms with Crippen LogP contribution in [0.3, 0.4) is 0 Å². The molecule has 3 N–H and O–H groups in total. The van der Waals surface area contributed by atoms with Gasteiger partial charge in [0.15, 0.2) is 0 Å². The highest BCUT2D eigenvalue weighted by molar-refractivity contribution is 4.71. The van der Waals surface area contributed by atoms with E-state index in [0.29, 0.717) is 0 Å². The maximum atomic E-state index is 5.41. The predicted molar refractivity (Wildman–Crippen MR) is 51.7 cm³/mol. The first-order valence-electron chi connectivity index (χ1n) is 4.60. The Morgan fingerprint density at radius 3 is 2.17 bits per heavy atom. The maximum Gasteiger partial charge on any atom is 0.0709 e. The number of hydrazine groups is 1. The van der Waals surface area contributed by atoms with Crippen molar-refractivity contribution >= 4 is 0 Å². The second-order valence-electron chi connectivity index (χ2n) is 3.69. The molecule has 0 aromatic carbocycles. The van der Waals surface area contributed by atoms with Crippen molar-refractivity contribution in [2.24, 2.45) is 11.8 Å². The van der Waals surface area contributed by atoms with Crippen molar-refractivity contribution in [2.45, 2.75) is 45.8 Å². The van der Waals surface area contributed by atoms with Crippen LogP contribution >= 0.6 is 0 Å². The summed E-state index contributed by atoms with van der Waals surface area (Å²) in [7, 11) is 1.71. The zero-order chi connectivity index (χ0) is 9.56. The lowest BCUT2D eigenvalue weighted by Crippen LogP contribution is -2.43. The van der Waals surface area contributed by atoms with E-state index in [2.05, 4.69) is 19.3 Å². The molecule has 2 unspecified atom stereocenters. The molecule has 0 rings (SSSR count). The fourth-order valence-electron chi connectivity index (χ4n) is 1.13. The summed E-state index contributed by atoms with van der Waals surface area (Å²) in [5.41, 5.74) is 2.78. The zero-order valence-electron chi connectivity index (χ0n) is 8.63. The van der Waals surface area contributed by atoms with Crippen LogP contribution in [0, 0.1) is 5.92 Å². The van der Waals surface area contributed by atoms with Crippen molar-refractivity contribution < 1.29 is 4.74 Å². The van der Waals surface area contributed by atoms with E-state index < -0.39 is 0 Å². The molecule has 3 heteroatoms. The van der Waals surface area contributed by atoms with Crippen LogP contribution in [-0.2, 0) is 4.74 Å². The van der Waals surface area contributed by atoms with Crippen LogP contribution in [0.2, 0.25) is 0 Å². The summed E-state index contributed by atoms with van der Waals surface area (Å²) in [5.74, 6) is 6.13. The first-order chi connectivity index (χ1) is 5.61. The molecule has 74 valence electrons. The second-order valence-corrected chi connectivity index (χ2v) is 3.69. The lowest BCUT2D eigenvalue weighted by Gasteiger charge is -2.22. The van der Waals surface area contributed by atoms with Crippen molar-refractivity contribution in [1.29, 1.82) is 0 Å². The van der Waals surface area contributed by atoms with Crippen LogP contribution < -0.4 is 11.3 Å². The van der Waals surface area contributed by atoms with Gasteiger partial charge in [-0.05, 0) is 25.7 Å². The Labute approximate surface area is 75.6 Å². The van der Waals surface area contributed by atoms with Gasteiger partial charge in [-0.15, -0.1) is 0 Å². The standard InChI is InChI=1S/C9H22N2O/c1-7(2)5-6-9(11-10)8(3)12-4/h7-9,11H,5-6,10H2,1-4H3. The van der Waals surface area contributed by atoms with Gasteiger partial charge in [0.05, 0.1) is 6.10 Å². The van der Waals surface area contributed by atoms with E-state index in [1.54, 1.807) is 7.11 Å². The minimum atomic E-state index is 0.189. The Morgan fingerprint density at radius 2 is 1.83 bits per heavy atom. The van der Waals surface area contributed by atoms with Crippen molar-refractivity contribution in [3.63, 3.8) is 0 Å². The average Bonchev–Trinajstić information content (AvgIpc) is 2.04. The van der Waals surface area contributed by atoms with Crippen LogP contribution in [-0.4, -0.2) is 19.3 Å². The molecule has 12 heavy (non-hydrogen) atoms. The van der Waals surface area contributed by atoms with Crippen molar-refractivity contribution in [2.75, 3.05) is 7.11 Å². The third kappa shape index (κ3) is 4.70. The van der Waals surface area contributed by atoms with Crippen LogP contribution in [0.5, 0.6) is 0 Å². The van der Waals surface area contributed by atoms with Gasteiger partial charge in [-0.1, -0.05) is 13.8 Å². The molecule has 0 aromatic heterocycles. The fourth-order valence-corrected chi connectivity index (χ4v) is 1.13. The molecule has 0 saturated carbocycles. The SMILES string of the molecule is COC(C)C(CCC(C)C)NN. The Morgan fingerprint density at radius 1 is 1.25 bits per heavy atom. The van der Waals surface area contributed by atoms with Gasteiger partial charge in [-0.2, -0.15) is 0 Å². The number of nitrogens with one attached hydrogen (secondary N) is 1. The molecule has 3 nitrogen and oxygen atoms in total. The normalized spacial score (nSPS) is 16.5. The Balaban J connectivity index is 3.67. The van der Waals surface area contributed by atoms with Gasteiger partial charge in [0, 0.05) is 13.2 Å². The first kappa shape index (κ1) is 11.9. The third-order valence-electron chi connectivity index (χ3n) is 2.21. The third-order valence-corrected chi connectivity index (χ3v) is 2.21. The molecule has 0 aliphatic rings. The molecule has 0 aliphatic heterocycles. The molecule has 0 aliphatic carbocycles. The van der Waals surface area contributed by atoms with E-state index >= 15 is 0 Å². The highest BCUT2D eigenvalue weighted by atomic mass is 16.5. The first-order valence-corrected chi connectivity index (χ1v) is 4.60. The fraction of sp³-hybridized carbons (Fsp3) is 1.00. The lowest BCUT2D eigenvalue weighted by atomic mass is 10.0. The van der Waals surface area contributed by atoms with Crippen LogP contribution in [0.15, 0.2) is 0 Å². The highest BCUT2D eigenvalue weighted by Gasteiger charge is 2.14. The number of rotatable bonds is 6. The van der Waals surface area contributed by atoms with Gasteiger partial charge in [0.25, 0.3) is 0 Å². The molecule has 2 atom stereocenters. The summed E-state index contributed by atoms with van der Waals surface area (Å²) in [4.78, 5) is 0. The van der Waals surface area contributed by atoms with Gasteiger partial charge in [-0.3, -0.25) is 11.3 Å². The Hall–Kier alpha value is -0.120. The maximum absolute atomic E-state index is 5.41. The summed E-state index contributed by atoms with van der Waals surface area (Å²) < 4.78 is 5.19. The zero-order valence-corrected chi connectivity index (χ0v) is 8.63. The average molecular weight is 174 g/mol. The van der Waals surface area contributed by atoms with Crippen molar-refractivity contribution in [3.05, 3.63) is 0 Å². The number of methoxy groups -OCH3 is 1. The molecular weight excluding hydrogens is 152 g/mol. The molecule has 0 amide bonds. The van der Waals surface area contributed by atoms with Crippen molar-refractivity contribution in [3.8, 4) is 0 Å². The van der Waals surface area contributed by atoms with Gasteiger partial charge >= 0.3 is 0 Å². The van der Waals surface area contributed by atoms with Gasteiger partial charge < -0.3 is 4.74 Å². The Bertz CT molecular complexity index is 107. The largest absolute Gasteiger partial charge is 0.380 e. The van der Waals surface area contributed by atoms with Crippen molar-refractivity contribution in [1.82, 2.24) is 5.43 Å². The van der Waals surface area contributed by atoms with E-state index in [-0.39, 0.29) is 12.1 Å². The van der Waals surface area contributed by atoms with E-state index in [0.717, 1.165) is 12.3 Å². The summed E-state index contributed by atoms with van der Waals surface area (Å²) in [6.07, 6.45) is 2.44. The molecule has 0 spiro atoms. The number of nitrogens with two attached hydrogens (primary N) is 1. The van der Waals surface area contributed by atoms with Gasteiger partial charge in [0.1, 0.15) is 0 Å². The molecule has 0 radical (unpaired) electrons. The number of hydrogen-bond donors (Lipinski definition) is 2. The van der Waals surface area contributed by atoms with Crippen LogP contribution in [0.4, 0.5) is 0 Å². The van der Waals surface area contributed by atoms with Crippen LogP contribution in [0.1, 0.15) is 33.6 Å². The van der Waals surface area contributed by atoms with E-state index in [9.17, 15) is 0 Å². The highest BCUT2D eigenvalue weighted by Crippen LogP contribution is 2.10. The summed E-state index contributed by atoms with van der Waals surface area (Å²) in [6.45, 7) is 6.46. The van der Waals surface area contributed by atoms with Gasteiger partial charge in [0.2, 0.25) is 0 Å². The monoisotopic (exact) mass is 174 g/mol. The predicted octanol–water partition coefficient (Wildman–Crippen LogP) is 1.29. The number of hydrogen-bond acceptors (Lipinski definition) is 3. The minimum absolute atomic E-state index is 0.189. The number of ether oxygens (including phenoxy) is 1. The summed E-state index contributed by atoms with van der Waals surface area (Å²) >= 11 is 0. The quantitative estimate of drug-likeness (QED) is 0.471. The topological polar surface area (TPSA) is 47.3 Å². The molecule has 0 bridgehead atoms. The molecule has 0 aromatic rings. The van der Waals surface area contributed by atoms with E-state index in [1.165, 1.54) is 6.42 Å².